The quantitative estimate of drug-likeness (QED) is 0.681. The van der Waals surface area contributed by atoms with Crippen LogP contribution in [0.15, 0.2) is 0 Å². The van der Waals surface area contributed by atoms with Gasteiger partial charge >= 0.3 is 0 Å². The van der Waals surface area contributed by atoms with E-state index in [2.05, 4.69) is 20.8 Å². The topological polar surface area (TPSA) is 18.5 Å². The molecule has 1 fully saturated rings. The molecule has 0 aromatic heterocycles. The third-order valence-electron chi connectivity index (χ3n) is 2.89. The van der Waals surface area contributed by atoms with Crippen molar-refractivity contribution in [3.63, 3.8) is 0 Å². The van der Waals surface area contributed by atoms with Crippen LogP contribution in [0.2, 0.25) is 0 Å². The van der Waals surface area contributed by atoms with Crippen LogP contribution in [0.25, 0.3) is 0 Å². The summed E-state index contributed by atoms with van der Waals surface area (Å²) in [4.78, 5) is 0. The number of hydrogen-bond donors (Lipinski definition) is 0. The van der Waals surface area contributed by atoms with Crippen LogP contribution in [0.4, 0.5) is 0 Å². The molecule has 1 heterocycles. The van der Waals surface area contributed by atoms with Gasteiger partial charge in [-0.15, -0.1) is 11.6 Å². The fourth-order valence-electron chi connectivity index (χ4n) is 2.16. The Morgan fingerprint density at radius 1 is 1.57 bits per heavy atom. The Hall–Kier alpha value is 0.210. The molecule has 1 saturated heterocycles. The van der Waals surface area contributed by atoms with Gasteiger partial charge in [0.05, 0.1) is 11.2 Å². The second-order valence-electron chi connectivity index (χ2n) is 5.03. The van der Waals surface area contributed by atoms with Gasteiger partial charge in [0, 0.05) is 25.5 Å². The van der Waals surface area contributed by atoms with Gasteiger partial charge in [-0.2, -0.15) is 0 Å². The molecule has 3 heteroatoms. The molecule has 0 spiro atoms. The number of ether oxygens (including phenoxy) is 2. The van der Waals surface area contributed by atoms with E-state index in [1.54, 1.807) is 7.11 Å². The highest BCUT2D eigenvalue weighted by Crippen LogP contribution is 2.35. The summed E-state index contributed by atoms with van der Waals surface area (Å²) in [5.74, 6) is 0. The first-order valence-electron chi connectivity index (χ1n) is 5.20. The zero-order valence-corrected chi connectivity index (χ0v) is 10.4. The van der Waals surface area contributed by atoms with E-state index < -0.39 is 0 Å². The fourth-order valence-corrected chi connectivity index (χ4v) is 2.57. The lowest BCUT2D eigenvalue weighted by Crippen LogP contribution is -2.43. The highest BCUT2D eigenvalue weighted by atomic mass is 35.5. The molecule has 2 unspecified atom stereocenters. The first-order chi connectivity index (χ1) is 6.37. The van der Waals surface area contributed by atoms with Crippen molar-refractivity contribution in [3.8, 4) is 0 Å². The fraction of sp³-hybridized carbons (Fsp3) is 1.00. The molecule has 0 aromatic rings. The molecule has 0 radical (unpaired) electrons. The number of halogens is 1. The first-order valence-corrected chi connectivity index (χ1v) is 5.64. The minimum absolute atomic E-state index is 0.121. The molecule has 84 valence electrons. The largest absolute Gasteiger partial charge is 0.379 e. The van der Waals surface area contributed by atoms with Crippen LogP contribution in [-0.2, 0) is 9.47 Å². The maximum atomic E-state index is 6.15. The number of hydrogen-bond acceptors (Lipinski definition) is 2. The van der Waals surface area contributed by atoms with Gasteiger partial charge in [-0.1, -0.05) is 0 Å². The lowest BCUT2D eigenvalue weighted by Gasteiger charge is -2.40. The minimum atomic E-state index is -0.136. The molecular formula is C11H21ClO2. The third kappa shape index (κ3) is 3.41. The third-order valence-corrected chi connectivity index (χ3v) is 3.26. The van der Waals surface area contributed by atoms with E-state index in [0.29, 0.717) is 0 Å². The van der Waals surface area contributed by atoms with Crippen molar-refractivity contribution in [3.05, 3.63) is 0 Å². The maximum absolute atomic E-state index is 6.15. The van der Waals surface area contributed by atoms with Gasteiger partial charge in [-0.05, 0) is 33.6 Å². The highest BCUT2D eigenvalue weighted by molar-refractivity contribution is 6.20. The Morgan fingerprint density at radius 3 is 2.71 bits per heavy atom. The van der Waals surface area contributed by atoms with Crippen LogP contribution in [0.1, 0.15) is 40.0 Å². The lowest BCUT2D eigenvalue weighted by molar-refractivity contribution is -0.116. The summed E-state index contributed by atoms with van der Waals surface area (Å²) in [7, 11) is 1.74. The lowest BCUT2D eigenvalue weighted by atomic mass is 9.85. The Morgan fingerprint density at radius 2 is 2.21 bits per heavy atom. The van der Waals surface area contributed by atoms with Crippen molar-refractivity contribution in [1.82, 2.24) is 0 Å². The number of alkyl halides is 1. The Balaban J connectivity index is 2.56. The van der Waals surface area contributed by atoms with Crippen LogP contribution >= 0.6 is 11.6 Å². The summed E-state index contributed by atoms with van der Waals surface area (Å²) in [5.41, 5.74) is -0.257. The molecule has 0 saturated carbocycles. The van der Waals surface area contributed by atoms with E-state index in [0.717, 1.165) is 25.9 Å². The maximum Gasteiger partial charge on any atom is 0.0695 e. The van der Waals surface area contributed by atoms with E-state index in [-0.39, 0.29) is 16.6 Å². The smallest absolute Gasteiger partial charge is 0.0695 e. The van der Waals surface area contributed by atoms with E-state index in [1.165, 1.54) is 0 Å². The summed E-state index contributed by atoms with van der Waals surface area (Å²) in [6.07, 6.45) is 2.77. The van der Waals surface area contributed by atoms with Gasteiger partial charge in [0.2, 0.25) is 0 Å². The molecule has 1 aliphatic heterocycles. The Bertz CT molecular complexity index is 194. The van der Waals surface area contributed by atoms with Crippen molar-refractivity contribution < 1.29 is 9.47 Å². The normalized spacial score (nSPS) is 34.5. The summed E-state index contributed by atoms with van der Waals surface area (Å²) >= 11 is 6.15. The van der Waals surface area contributed by atoms with Crippen molar-refractivity contribution >= 4 is 11.6 Å². The molecule has 14 heavy (non-hydrogen) atoms. The molecular weight excluding hydrogens is 200 g/mol. The predicted octanol–water partition coefficient (Wildman–Crippen LogP) is 2.98. The molecule has 0 bridgehead atoms. The average Bonchev–Trinajstić information content (AvgIpc) is 2.01. The Kier molecular flexibility index (Phi) is 3.84. The van der Waals surface area contributed by atoms with E-state index in [9.17, 15) is 0 Å². The molecule has 0 aromatic carbocycles. The number of methoxy groups -OCH3 is 1. The van der Waals surface area contributed by atoms with Crippen molar-refractivity contribution in [2.45, 2.75) is 56.6 Å². The first kappa shape index (κ1) is 12.3. The molecule has 0 N–H and O–H groups in total. The molecule has 0 amide bonds. The zero-order chi connectivity index (χ0) is 10.8. The number of rotatable bonds is 3. The predicted molar refractivity (Wildman–Crippen MR) is 58.9 cm³/mol. The highest BCUT2D eigenvalue weighted by Gasteiger charge is 2.37. The molecule has 0 aliphatic carbocycles. The van der Waals surface area contributed by atoms with Crippen molar-refractivity contribution in [2.24, 2.45) is 0 Å². The van der Waals surface area contributed by atoms with E-state index >= 15 is 0 Å². The molecule has 2 atom stereocenters. The SMILES string of the molecule is COC(C)(C)CC1(C)CC(Cl)CCO1. The van der Waals surface area contributed by atoms with E-state index in [1.807, 2.05) is 0 Å². The second kappa shape index (κ2) is 4.38. The van der Waals surface area contributed by atoms with Gasteiger partial charge < -0.3 is 9.47 Å². The molecule has 1 aliphatic rings. The molecule has 2 nitrogen and oxygen atoms in total. The monoisotopic (exact) mass is 220 g/mol. The zero-order valence-electron chi connectivity index (χ0n) is 9.60. The van der Waals surface area contributed by atoms with Crippen LogP contribution in [0, 0.1) is 0 Å². The minimum Gasteiger partial charge on any atom is -0.379 e. The molecule has 1 rings (SSSR count). The average molecular weight is 221 g/mol. The van der Waals surface area contributed by atoms with E-state index in [4.69, 9.17) is 21.1 Å². The summed E-state index contributed by atoms with van der Waals surface area (Å²) < 4.78 is 11.2. The Labute approximate surface area is 91.9 Å². The van der Waals surface area contributed by atoms with Crippen molar-refractivity contribution in [1.29, 1.82) is 0 Å². The van der Waals surface area contributed by atoms with Gasteiger partial charge in [-0.3, -0.25) is 0 Å². The summed E-state index contributed by atoms with van der Waals surface area (Å²) in [6.45, 7) is 7.06. The van der Waals surface area contributed by atoms with Gasteiger partial charge in [0.15, 0.2) is 0 Å². The van der Waals surface area contributed by atoms with Gasteiger partial charge in [-0.25, -0.2) is 0 Å². The van der Waals surface area contributed by atoms with Crippen LogP contribution < -0.4 is 0 Å². The summed E-state index contributed by atoms with van der Waals surface area (Å²) in [5, 5.41) is 0.251. The van der Waals surface area contributed by atoms with Crippen molar-refractivity contribution in [2.75, 3.05) is 13.7 Å². The van der Waals surface area contributed by atoms with Crippen LogP contribution in [0.3, 0.4) is 0 Å². The van der Waals surface area contributed by atoms with Gasteiger partial charge in [0.25, 0.3) is 0 Å². The standard InChI is InChI=1S/C11H21ClO2/c1-10(2,13-4)8-11(3)7-9(12)5-6-14-11/h9H,5-8H2,1-4H3. The van der Waals surface area contributed by atoms with Gasteiger partial charge in [0.1, 0.15) is 0 Å². The van der Waals surface area contributed by atoms with Crippen LogP contribution in [0.5, 0.6) is 0 Å². The van der Waals surface area contributed by atoms with Crippen LogP contribution in [-0.4, -0.2) is 30.3 Å². The second-order valence-corrected chi connectivity index (χ2v) is 5.65. The summed E-state index contributed by atoms with van der Waals surface area (Å²) in [6, 6.07) is 0.